The Bertz CT molecular complexity index is 822. The fraction of sp³-hybridized carbons (Fsp3) is 0.263. The average Bonchev–Trinajstić information content (AvgIpc) is 3.19. The summed E-state index contributed by atoms with van der Waals surface area (Å²) in [7, 11) is 0. The Kier molecular flexibility index (Phi) is 6.40. The first-order chi connectivity index (χ1) is 12.8. The molecule has 0 spiro atoms. The number of rotatable bonds is 8. The number of aromatic nitrogens is 3. The highest BCUT2D eigenvalue weighted by atomic mass is 32.1. The van der Waals surface area contributed by atoms with Gasteiger partial charge in [-0.2, -0.15) is 0 Å². The van der Waals surface area contributed by atoms with Gasteiger partial charge in [0.1, 0.15) is 10.0 Å². The molecule has 0 saturated carbocycles. The van der Waals surface area contributed by atoms with E-state index in [4.69, 9.17) is 5.73 Å². The van der Waals surface area contributed by atoms with E-state index in [9.17, 15) is 4.79 Å². The second kappa shape index (κ2) is 9.17. The first kappa shape index (κ1) is 18.2. The van der Waals surface area contributed by atoms with Crippen LogP contribution in [0.25, 0.3) is 10.6 Å². The van der Waals surface area contributed by atoms with Gasteiger partial charge in [0.05, 0.1) is 11.6 Å². The molecule has 0 radical (unpaired) electrons. The predicted molar refractivity (Wildman–Crippen MR) is 103 cm³/mol. The standard InChI is InChI=1S/C19H21N5OS/c20-11-5-4-10-16(22-17(25)15-9-6-12-21-13-15)19-24-23-18(26-19)14-7-2-1-3-8-14/h1-3,6-9,12-13,16H,4-5,10-11,20H2,(H,22,25). The van der Waals surface area contributed by atoms with Gasteiger partial charge in [0.25, 0.3) is 5.91 Å². The molecule has 2 aromatic heterocycles. The second-order valence-electron chi connectivity index (χ2n) is 5.86. The number of amides is 1. The SMILES string of the molecule is NCCCCC(NC(=O)c1cccnc1)c1nnc(-c2ccccc2)s1. The van der Waals surface area contributed by atoms with Crippen LogP contribution in [0, 0.1) is 0 Å². The van der Waals surface area contributed by atoms with Crippen LogP contribution in [0.5, 0.6) is 0 Å². The molecule has 1 atom stereocenters. The maximum absolute atomic E-state index is 12.5. The van der Waals surface area contributed by atoms with Gasteiger partial charge >= 0.3 is 0 Å². The number of hydrogen-bond acceptors (Lipinski definition) is 6. The molecule has 3 rings (SSSR count). The Balaban J connectivity index is 1.77. The number of nitrogens with zero attached hydrogens (tertiary/aromatic N) is 3. The lowest BCUT2D eigenvalue weighted by Gasteiger charge is -2.15. The van der Waals surface area contributed by atoms with Gasteiger partial charge in [-0.3, -0.25) is 9.78 Å². The van der Waals surface area contributed by atoms with Crippen LogP contribution in [0.3, 0.4) is 0 Å². The Labute approximate surface area is 156 Å². The third-order valence-corrected chi connectivity index (χ3v) is 5.02. The van der Waals surface area contributed by atoms with Crippen molar-refractivity contribution in [2.24, 2.45) is 5.73 Å². The molecule has 7 heteroatoms. The van der Waals surface area contributed by atoms with Crippen LogP contribution in [0.2, 0.25) is 0 Å². The van der Waals surface area contributed by atoms with Crippen LogP contribution in [-0.4, -0.2) is 27.6 Å². The van der Waals surface area contributed by atoms with Crippen LogP contribution in [0.4, 0.5) is 0 Å². The number of carbonyl (C=O) groups excluding carboxylic acids is 1. The van der Waals surface area contributed by atoms with E-state index in [1.54, 1.807) is 24.5 Å². The van der Waals surface area contributed by atoms with E-state index in [-0.39, 0.29) is 11.9 Å². The number of unbranched alkanes of at least 4 members (excludes halogenated alkanes) is 1. The first-order valence-electron chi connectivity index (χ1n) is 8.57. The van der Waals surface area contributed by atoms with Crippen LogP contribution in [-0.2, 0) is 0 Å². The predicted octanol–water partition coefficient (Wildman–Crippen LogP) is 3.20. The van der Waals surface area contributed by atoms with Crippen molar-refractivity contribution in [2.75, 3.05) is 6.54 Å². The third kappa shape index (κ3) is 4.71. The van der Waals surface area contributed by atoms with Crippen molar-refractivity contribution in [1.29, 1.82) is 0 Å². The Morgan fingerprint density at radius 1 is 1.12 bits per heavy atom. The summed E-state index contributed by atoms with van der Waals surface area (Å²) in [5.41, 5.74) is 7.16. The van der Waals surface area contributed by atoms with Crippen LogP contribution in [0.15, 0.2) is 54.9 Å². The molecule has 0 fully saturated rings. The minimum Gasteiger partial charge on any atom is -0.343 e. The summed E-state index contributed by atoms with van der Waals surface area (Å²) >= 11 is 1.51. The number of hydrogen-bond donors (Lipinski definition) is 2. The van der Waals surface area contributed by atoms with Crippen molar-refractivity contribution >= 4 is 17.2 Å². The van der Waals surface area contributed by atoms with E-state index in [0.717, 1.165) is 34.8 Å². The van der Waals surface area contributed by atoms with Crippen molar-refractivity contribution < 1.29 is 4.79 Å². The molecule has 3 aromatic rings. The summed E-state index contributed by atoms with van der Waals surface area (Å²) in [5.74, 6) is -0.160. The van der Waals surface area contributed by atoms with E-state index in [2.05, 4.69) is 20.5 Å². The fourth-order valence-electron chi connectivity index (χ4n) is 2.56. The quantitative estimate of drug-likeness (QED) is 0.596. The molecule has 0 aliphatic rings. The van der Waals surface area contributed by atoms with Crippen LogP contribution < -0.4 is 11.1 Å². The van der Waals surface area contributed by atoms with Crippen molar-refractivity contribution in [3.63, 3.8) is 0 Å². The summed E-state index contributed by atoms with van der Waals surface area (Å²) in [6.45, 7) is 0.634. The van der Waals surface area contributed by atoms with E-state index < -0.39 is 0 Å². The minimum atomic E-state index is -0.191. The molecule has 1 aromatic carbocycles. The summed E-state index contributed by atoms with van der Waals surface area (Å²) in [5, 5.41) is 13.3. The highest BCUT2D eigenvalue weighted by Gasteiger charge is 2.20. The maximum atomic E-state index is 12.5. The monoisotopic (exact) mass is 367 g/mol. The molecule has 2 heterocycles. The Morgan fingerprint density at radius 2 is 1.96 bits per heavy atom. The normalized spacial score (nSPS) is 11.9. The van der Waals surface area contributed by atoms with Crippen molar-refractivity contribution in [3.05, 3.63) is 65.4 Å². The molecule has 26 heavy (non-hydrogen) atoms. The second-order valence-corrected chi connectivity index (χ2v) is 6.87. The van der Waals surface area contributed by atoms with Gasteiger partial charge in [0.2, 0.25) is 0 Å². The fourth-order valence-corrected chi connectivity index (χ4v) is 3.50. The molecule has 0 saturated heterocycles. The summed E-state index contributed by atoms with van der Waals surface area (Å²) in [6.07, 6.45) is 5.79. The molecule has 0 aliphatic heterocycles. The van der Waals surface area contributed by atoms with Crippen molar-refractivity contribution in [3.8, 4) is 10.6 Å². The summed E-state index contributed by atoms with van der Waals surface area (Å²) in [6, 6.07) is 13.2. The van der Waals surface area contributed by atoms with Crippen molar-refractivity contribution in [1.82, 2.24) is 20.5 Å². The Morgan fingerprint density at radius 3 is 2.69 bits per heavy atom. The Hall–Kier alpha value is -2.64. The zero-order valence-corrected chi connectivity index (χ0v) is 15.2. The number of pyridine rings is 1. The highest BCUT2D eigenvalue weighted by molar-refractivity contribution is 7.14. The van der Waals surface area contributed by atoms with E-state index in [1.165, 1.54) is 11.3 Å². The van der Waals surface area contributed by atoms with Gasteiger partial charge in [0, 0.05) is 18.0 Å². The summed E-state index contributed by atoms with van der Waals surface area (Å²) < 4.78 is 0. The van der Waals surface area contributed by atoms with Crippen LogP contribution in [0.1, 0.15) is 40.7 Å². The summed E-state index contributed by atoms with van der Waals surface area (Å²) in [4.78, 5) is 16.5. The molecule has 134 valence electrons. The number of carbonyl (C=O) groups is 1. The molecular formula is C19H21N5OS. The zero-order chi connectivity index (χ0) is 18.2. The largest absolute Gasteiger partial charge is 0.343 e. The van der Waals surface area contributed by atoms with Crippen molar-refractivity contribution in [2.45, 2.75) is 25.3 Å². The average molecular weight is 367 g/mol. The molecule has 1 amide bonds. The molecular weight excluding hydrogens is 346 g/mol. The van der Waals surface area contributed by atoms with Gasteiger partial charge in [-0.25, -0.2) is 0 Å². The zero-order valence-electron chi connectivity index (χ0n) is 14.3. The van der Waals surface area contributed by atoms with Gasteiger partial charge in [-0.15, -0.1) is 10.2 Å². The number of benzene rings is 1. The highest BCUT2D eigenvalue weighted by Crippen LogP contribution is 2.29. The van der Waals surface area contributed by atoms with E-state index in [1.807, 2.05) is 30.3 Å². The van der Waals surface area contributed by atoms with Gasteiger partial charge < -0.3 is 11.1 Å². The lowest BCUT2D eigenvalue weighted by molar-refractivity contribution is 0.0933. The molecule has 0 bridgehead atoms. The minimum absolute atomic E-state index is 0.160. The molecule has 3 N–H and O–H groups in total. The maximum Gasteiger partial charge on any atom is 0.253 e. The molecule has 0 aliphatic carbocycles. The van der Waals surface area contributed by atoms with E-state index in [0.29, 0.717) is 12.1 Å². The lowest BCUT2D eigenvalue weighted by atomic mass is 10.1. The lowest BCUT2D eigenvalue weighted by Crippen LogP contribution is -2.28. The smallest absolute Gasteiger partial charge is 0.253 e. The number of nitrogens with one attached hydrogen (secondary N) is 1. The first-order valence-corrected chi connectivity index (χ1v) is 9.39. The van der Waals surface area contributed by atoms with Gasteiger partial charge in [-0.05, 0) is 37.9 Å². The van der Waals surface area contributed by atoms with Gasteiger partial charge in [-0.1, -0.05) is 41.7 Å². The van der Waals surface area contributed by atoms with Gasteiger partial charge in [0.15, 0.2) is 0 Å². The number of nitrogens with two attached hydrogens (primary N) is 1. The molecule has 1 unspecified atom stereocenters. The topological polar surface area (TPSA) is 93.8 Å². The van der Waals surface area contributed by atoms with Crippen LogP contribution >= 0.6 is 11.3 Å². The van der Waals surface area contributed by atoms with E-state index >= 15 is 0 Å². The third-order valence-electron chi connectivity index (χ3n) is 3.94. The molecule has 6 nitrogen and oxygen atoms in total.